The van der Waals surface area contributed by atoms with Gasteiger partial charge >= 0.3 is 0 Å². The number of ether oxygens (including phenoxy) is 2. The van der Waals surface area contributed by atoms with Crippen LogP contribution in [0.1, 0.15) is 81.3 Å². The quantitative estimate of drug-likeness (QED) is 0.0738. The Bertz CT molecular complexity index is 2860. The van der Waals surface area contributed by atoms with Gasteiger partial charge in [-0.25, -0.2) is 4.98 Å². The lowest BCUT2D eigenvalue weighted by Gasteiger charge is -2.35. The molecule has 2 fully saturated rings. The number of nitrogens with one attached hydrogen (secondary N) is 3. The van der Waals surface area contributed by atoms with Crippen molar-refractivity contribution in [1.29, 1.82) is 0 Å². The lowest BCUT2D eigenvalue weighted by Crippen LogP contribution is -2.57. The van der Waals surface area contributed by atoms with E-state index in [-0.39, 0.29) is 63.1 Å². The maximum atomic E-state index is 15.3. The Labute approximate surface area is 474 Å². The van der Waals surface area contributed by atoms with Gasteiger partial charge < -0.3 is 44.7 Å². The molecule has 0 unspecified atom stereocenters. The first-order valence-electron chi connectivity index (χ1n) is 27.2. The molecule has 3 N–H and O–H groups in total. The van der Waals surface area contributed by atoms with Crippen molar-refractivity contribution >= 4 is 58.6 Å². The maximum Gasteiger partial charge on any atom is 0.247 e. The second kappa shape index (κ2) is 28.9. The van der Waals surface area contributed by atoms with E-state index in [1.807, 2.05) is 80.0 Å². The SMILES string of the molecule is COC[C@@H]1NC(=O)[C@H](C)N(Cc2ccc(Cl)cc2Oc2ccc(-c3cnc(CN4CCCC4)n3C)cc2)C(=O)C[C@@H](Cc2ccccc2)C(=O)N(C)[C@@H](CCCCNC(C)=O)CNC(=O)C[C@H](Cc2ccc(Cl)cc2)N(C)C1=O. The van der Waals surface area contributed by atoms with Gasteiger partial charge in [0.15, 0.2) is 0 Å². The third-order valence-corrected chi connectivity index (χ3v) is 15.6. The molecule has 1 aromatic heterocycles. The standard InChI is InChI=1S/C60H75Cl2N9O8/c1-40-58(75)66-52(39-78-6)60(77)68(4)50(31-43-17-22-47(61)23-18-43)34-56(73)65-35-49(16-10-11-27-63-41(2)72)67(3)59(76)46(30-42-14-8-7-9-15-42)32-57(74)71(40)37-45-19-24-48(62)33-54(45)79-51-25-20-44(21-26-51)53-36-64-55(69(53)5)38-70-28-12-13-29-70/h7-9,14-15,17-26,33,36,40,46,49-50,52H,10-13,16,27-32,34-35,37-39H2,1-6H3,(H,63,72)(H,65,73)(H,66,75)/t40-,46+,49-,50-,52-/m0/s1. The Morgan fingerprint density at radius 1 is 0.785 bits per heavy atom. The van der Waals surface area contributed by atoms with Crippen LogP contribution in [0.3, 0.4) is 0 Å². The summed E-state index contributed by atoms with van der Waals surface area (Å²) in [6, 6.07) is 25.6. The van der Waals surface area contributed by atoms with Gasteiger partial charge in [-0.3, -0.25) is 33.7 Å². The zero-order chi connectivity index (χ0) is 56.6. The summed E-state index contributed by atoms with van der Waals surface area (Å²) in [6.07, 6.45) is 6.03. The van der Waals surface area contributed by atoms with Crippen molar-refractivity contribution in [2.75, 3.05) is 54.0 Å². The lowest BCUT2D eigenvalue weighted by molar-refractivity contribution is -0.147. The molecule has 17 nitrogen and oxygen atoms in total. The molecule has 4 aromatic carbocycles. The number of benzene rings is 4. The van der Waals surface area contributed by atoms with Crippen LogP contribution in [0.4, 0.5) is 0 Å². The summed E-state index contributed by atoms with van der Waals surface area (Å²) >= 11 is 12.9. The number of likely N-dealkylation sites (tertiary alicyclic amines) is 1. The van der Waals surface area contributed by atoms with Crippen LogP contribution in [0.25, 0.3) is 11.3 Å². The number of nitrogens with zero attached hydrogens (tertiary/aromatic N) is 6. The smallest absolute Gasteiger partial charge is 0.247 e. The van der Waals surface area contributed by atoms with E-state index in [4.69, 9.17) is 37.7 Å². The minimum atomic E-state index is -1.22. The fourth-order valence-electron chi connectivity index (χ4n) is 10.3. The van der Waals surface area contributed by atoms with Gasteiger partial charge in [0, 0.05) is 94.4 Å². The summed E-state index contributed by atoms with van der Waals surface area (Å²) < 4.78 is 14.2. The maximum absolute atomic E-state index is 15.3. The van der Waals surface area contributed by atoms with E-state index in [0.29, 0.717) is 52.9 Å². The van der Waals surface area contributed by atoms with Crippen molar-refractivity contribution < 1.29 is 38.2 Å². The van der Waals surface area contributed by atoms with Gasteiger partial charge in [0.1, 0.15) is 29.4 Å². The van der Waals surface area contributed by atoms with Crippen LogP contribution in [0.2, 0.25) is 10.0 Å². The summed E-state index contributed by atoms with van der Waals surface area (Å²) in [4.78, 5) is 97.3. The van der Waals surface area contributed by atoms with E-state index >= 15 is 9.59 Å². The summed E-state index contributed by atoms with van der Waals surface area (Å²) in [7, 11) is 6.70. The predicted molar refractivity (Wildman–Crippen MR) is 305 cm³/mol. The average Bonchev–Trinajstić information content (AvgIpc) is 4.13. The number of amides is 6. The molecule has 19 heteroatoms. The van der Waals surface area contributed by atoms with Gasteiger partial charge in [0.25, 0.3) is 0 Å². The van der Waals surface area contributed by atoms with E-state index in [1.165, 1.54) is 36.7 Å². The Morgan fingerprint density at radius 3 is 2.16 bits per heavy atom. The third kappa shape index (κ3) is 16.9. The molecule has 0 aliphatic carbocycles. The molecule has 0 bridgehead atoms. The molecular formula is C60H75Cl2N9O8. The molecule has 2 saturated heterocycles. The highest BCUT2D eigenvalue weighted by Gasteiger charge is 2.37. The minimum Gasteiger partial charge on any atom is -0.457 e. The number of hydrogen-bond donors (Lipinski definition) is 3. The fourth-order valence-corrected chi connectivity index (χ4v) is 10.6. The lowest BCUT2D eigenvalue weighted by atomic mass is 9.92. The number of halogens is 2. The highest BCUT2D eigenvalue weighted by Crippen LogP contribution is 2.33. The van der Waals surface area contributed by atoms with E-state index in [9.17, 15) is 19.2 Å². The topological polar surface area (TPSA) is 188 Å². The van der Waals surface area contributed by atoms with Gasteiger partial charge in [0.2, 0.25) is 35.4 Å². The molecule has 7 rings (SSSR count). The highest BCUT2D eigenvalue weighted by molar-refractivity contribution is 6.31. The summed E-state index contributed by atoms with van der Waals surface area (Å²) in [5, 5.41) is 9.67. The molecule has 5 atom stereocenters. The Morgan fingerprint density at radius 2 is 1.47 bits per heavy atom. The van der Waals surface area contributed by atoms with Gasteiger partial charge in [-0.05, 0) is 125 Å². The zero-order valence-corrected chi connectivity index (χ0v) is 47.7. The molecule has 5 aromatic rings. The van der Waals surface area contributed by atoms with Crippen molar-refractivity contribution in [1.82, 2.24) is 45.1 Å². The van der Waals surface area contributed by atoms with Crippen molar-refractivity contribution in [3.8, 4) is 22.8 Å². The molecule has 2 aliphatic rings. The summed E-state index contributed by atoms with van der Waals surface area (Å²) in [5.41, 5.74) is 4.08. The van der Waals surface area contributed by atoms with Crippen LogP contribution < -0.4 is 20.7 Å². The van der Waals surface area contributed by atoms with Crippen molar-refractivity contribution in [3.05, 3.63) is 136 Å². The third-order valence-electron chi connectivity index (χ3n) is 15.1. The number of imidazole rings is 1. The van der Waals surface area contributed by atoms with Crippen LogP contribution in [0, 0.1) is 5.92 Å². The van der Waals surface area contributed by atoms with Crippen molar-refractivity contribution in [3.63, 3.8) is 0 Å². The monoisotopic (exact) mass is 1120 g/mol. The Hall–Kier alpha value is -6.79. The second-order valence-corrected chi connectivity index (χ2v) is 21.7. The molecule has 3 heterocycles. The van der Waals surface area contributed by atoms with Gasteiger partial charge in [-0.1, -0.05) is 71.7 Å². The molecule has 0 saturated carbocycles. The summed E-state index contributed by atoms with van der Waals surface area (Å²) in [6.45, 7) is 6.11. The normalized spacial score (nSPS) is 20.4. The van der Waals surface area contributed by atoms with Gasteiger partial charge in [-0.15, -0.1) is 0 Å². The Balaban J connectivity index is 1.23. The minimum absolute atomic E-state index is 0.0786. The van der Waals surface area contributed by atoms with Gasteiger partial charge in [-0.2, -0.15) is 0 Å². The van der Waals surface area contributed by atoms with Crippen molar-refractivity contribution in [2.45, 2.75) is 109 Å². The summed E-state index contributed by atoms with van der Waals surface area (Å²) in [5.74, 6) is -1.58. The van der Waals surface area contributed by atoms with Crippen LogP contribution in [-0.4, -0.2) is 143 Å². The largest absolute Gasteiger partial charge is 0.457 e. The Kier molecular flexibility index (Phi) is 21.9. The number of rotatable bonds is 18. The first-order chi connectivity index (χ1) is 38.0. The van der Waals surface area contributed by atoms with Crippen LogP contribution >= 0.6 is 23.2 Å². The van der Waals surface area contributed by atoms with Crippen molar-refractivity contribution in [2.24, 2.45) is 13.0 Å². The molecular weight excluding hydrogens is 1050 g/mol. The van der Waals surface area contributed by atoms with E-state index < -0.39 is 47.8 Å². The molecule has 6 amide bonds. The fraction of sp³-hybridized carbons (Fsp3) is 0.450. The number of likely N-dealkylation sites (N-methyl/N-ethyl adjacent to an activating group) is 2. The zero-order valence-electron chi connectivity index (χ0n) is 46.2. The number of hydrogen-bond acceptors (Lipinski definition) is 10. The first-order valence-corrected chi connectivity index (χ1v) is 27.9. The molecule has 422 valence electrons. The number of aromatic nitrogens is 2. The number of carbonyl (C=O) groups is 6. The average molecular weight is 1120 g/mol. The molecule has 0 spiro atoms. The predicted octanol–water partition coefficient (Wildman–Crippen LogP) is 7.60. The second-order valence-electron chi connectivity index (χ2n) is 20.8. The molecule has 0 radical (unpaired) electrons. The highest BCUT2D eigenvalue weighted by atomic mass is 35.5. The van der Waals surface area contributed by atoms with E-state index in [2.05, 4.69) is 25.4 Å². The number of carbonyl (C=O) groups excluding carboxylic acids is 6. The number of unbranched alkanes of at least 4 members (excludes halogenated alkanes) is 1. The van der Waals surface area contributed by atoms with Gasteiger partial charge in [0.05, 0.1) is 37.5 Å². The van der Waals surface area contributed by atoms with E-state index in [0.717, 1.165) is 47.8 Å². The molecule has 79 heavy (non-hydrogen) atoms. The van der Waals surface area contributed by atoms with Crippen LogP contribution in [-0.2, 0) is 66.5 Å². The molecule has 2 aliphatic heterocycles. The first kappa shape index (κ1) is 59.9. The number of methoxy groups -OCH3 is 1. The van der Waals surface area contributed by atoms with Crippen LogP contribution in [0.15, 0.2) is 103 Å². The van der Waals surface area contributed by atoms with E-state index in [1.54, 1.807) is 56.3 Å². The van der Waals surface area contributed by atoms with Crippen LogP contribution in [0.5, 0.6) is 11.5 Å².